The molecule has 0 aliphatic heterocycles. The van der Waals surface area contributed by atoms with Crippen molar-refractivity contribution in [2.75, 3.05) is 6.54 Å². The fourth-order valence-corrected chi connectivity index (χ4v) is 4.54. The van der Waals surface area contributed by atoms with Crippen LogP contribution in [-0.4, -0.2) is 80.9 Å². The van der Waals surface area contributed by atoms with E-state index in [1.807, 2.05) is 0 Å². The van der Waals surface area contributed by atoms with Gasteiger partial charge in [0.2, 0.25) is 11.8 Å². The van der Waals surface area contributed by atoms with Crippen LogP contribution in [-0.2, 0) is 19.2 Å². The van der Waals surface area contributed by atoms with E-state index in [0.29, 0.717) is 12.5 Å². The Balaban J connectivity index is 2.77. The number of aliphatic hydroxyl groups excluding tert-OH is 1. The van der Waals surface area contributed by atoms with Crippen molar-refractivity contribution in [3.8, 4) is 0 Å². The van der Waals surface area contributed by atoms with Gasteiger partial charge in [-0.3, -0.25) is 14.4 Å². The number of hydrogen-bond acceptors (Lipinski definition) is 7. The number of carbonyl (C=O) groups excluding carboxylic acids is 2. The number of amides is 2. The number of aliphatic hydroxyl groups is 1. The largest absolute Gasteiger partial charge is 0.481 e. The van der Waals surface area contributed by atoms with Gasteiger partial charge in [0.05, 0.1) is 23.2 Å². The molecule has 1 aliphatic rings. The summed E-state index contributed by atoms with van der Waals surface area (Å²) >= 11 is 5.25. The fourth-order valence-electron chi connectivity index (χ4n) is 4.35. The smallest absolute Gasteiger partial charge is 0.326 e. The summed E-state index contributed by atoms with van der Waals surface area (Å²) in [5.41, 5.74) is 0. The van der Waals surface area contributed by atoms with Crippen molar-refractivity contribution in [1.82, 2.24) is 21.3 Å². The lowest BCUT2D eigenvalue weighted by Gasteiger charge is -2.28. The summed E-state index contributed by atoms with van der Waals surface area (Å²) in [5.74, 6) is -3.06. The minimum atomic E-state index is -1.31. The highest BCUT2D eigenvalue weighted by Gasteiger charge is 2.31. The molecule has 0 unspecified atom stereocenters. The molecule has 0 spiro atoms. The summed E-state index contributed by atoms with van der Waals surface area (Å²) in [6.45, 7) is 6.91. The molecule has 212 valence electrons. The standard InChI is InChI=1S/C25H44N4O7S/c1-14(2)20(25(35)36)29-24(37)15(3)27-23(34)21(16(4)30)28-22(33)18(10-11-19(31)32)26-13-12-17-8-6-5-7-9-17/h14-18,20-21,26,30H,5-13H2,1-4H3,(H,27,34)(H,28,33)(H,29,37)(H,31,32)(H,35,36)/t15-,16+,18-,20-,21-/m0/s1. The van der Waals surface area contributed by atoms with Crippen molar-refractivity contribution in [3.05, 3.63) is 0 Å². The van der Waals surface area contributed by atoms with Gasteiger partial charge in [0.15, 0.2) is 0 Å². The van der Waals surface area contributed by atoms with Crippen molar-refractivity contribution in [3.63, 3.8) is 0 Å². The molecule has 0 heterocycles. The van der Waals surface area contributed by atoms with Gasteiger partial charge >= 0.3 is 11.9 Å². The summed E-state index contributed by atoms with van der Waals surface area (Å²) in [7, 11) is 0. The second kappa shape index (κ2) is 16.5. The molecule has 0 saturated heterocycles. The van der Waals surface area contributed by atoms with Crippen molar-refractivity contribution in [2.45, 2.75) is 109 Å². The molecule has 0 radical (unpaired) electrons. The second-order valence-corrected chi connectivity index (χ2v) is 10.7. The Hall–Kier alpha value is -2.31. The Morgan fingerprint density at radius 2 is 1.51 bits per heavy atom. The maximum absolute atomic E-state index is 13.0. The Kier molecular flexibility index (Phi) is 14.6. The van der Waals surface area contributed by atoms with Crippen molar-refractivity contribution in [2.24, 2.45) is 11.8 Å². The van der Waals surface area contributed by atoms with Gasteiger partial charge in [-0.1, -0.05) is 58.2 Å². The lowest BCUT2D eigenvalue weighted by atomic mass is 9.87. The number of thiocarbonyl (C=S) groups is 1. The number of carbonyl (C=O) groups is 4. The van der Waals surface area contributed by atoms with E-state index >= 15 is 0 Å². The normalized spacial score (nSPS) is 18.2. The van der Waals surface area contributed by atoms with Crippen LogP contribution in [0, 0.1) is 11.8 Å². The van der Waals surface area contributed by atoms with Crippen LogP contribution < -0.4 is 21.3 Å². The number of rotatable bonds is 16. The van der Waals surface area contributed by atoms with Crippen molar-refractivity contribution in [1.29, 1.82) is 0 Å². The number of aliphatic carboxylic acids is 2. The highest BCUT2D eigenvalue weighted by Crippen LogP contribution is 2.25. The third-order valence-electron chi connectivity index (χ3n) is 6.68. The quantitative estimate of drug-likeness (QED) is 0.140. The van der Waals surface area contributed by atoms with Gasteiger partial charge in [-0.15, -0.1) is 0 Å². The van der Waals surface area contributed by atoms with Crippen LogP contribution in [0.2, 0.25) is 0 Å². The molecule has 1 fully saturated rings. The Bertz CT molecular complexity index is 787. The molecule has 7 N–H and O–H groups in total. The van der Waals surface area contributed by atoms with Crippen LogP contribution in [0.3, 0.4) is 0 Å². The molecule has 0 bridgehead atoms. The van der Waals surface area contributed by atoms with E-state index in [1.165, 1.54) is 26.2 Å². The SMILES string of the molecule is CC(C)[C@H](NC(=S)[C@H](C)NC(=O)[C@@H](NC(=O)[C@H](CCC(=O)O)NCCC1CCCCC1)[C@@H](C)O)C(=O)O. The van der Waals surface area contributed by atoms with E-state index in [4.69, 9.17) is 17.3 Å². The lowest BCUT2D eigenvalue weighted by molar-refractivity contribution is -0.140. The average Bonchev–Trinajstić information content (AvgIpc) is 2.82. The van der Waals surface area contributed by atoms with Crippen LogP contribution in [0.1, 0.15) is 79.1 Å². The first-order valence-electron chi connectivity index (χ1n) is 13.1. The zero-order chi connectivity index (χ0) is 28.1. The summed E-state index contributed by atoms with van der Waals surface area (Å²) in [6.07, 6.45) is 5.39. The molecular weight excluding hydrogens is 500 g/mol. The van der Waals surface area contributed by atoms with E-state index < -0.39 is 54.0 Å². The number of carboxylic acid groups (broad SMARTS) is 2. The Morgan fingerprint density at radius 3 is 2.03 bits per heavy atom. The maximum Gasteiger partial charge on any atom is 0.326 e. The van der Waals surface area contributed by atoms with Gasteiger partial charge in [0.1, 0.15) is 12.1 Å². The van der Waals surface area contributed by atoms with Gasteiger partial charge in [-0.2, -0.15) is 0 Å². The van der Waals surface area contributed by atoms with Gasteiger partial charge in [0, 0.05) is 6.42 Å². The molecule has 0 aromatic heterocycles. The highest BCUT2D eigenvalue weighted by molar-refractivity contribution is 7.80. The maximum atomic E-state index is 13.0. The van der Waals surface area contributed by atoms with Crippen molar-refractivity contribution >= 4 is 41.0 Å². The number of hydrogen-bond donors (Lipinski definition) is 7. The van der Waals surface area contributed by atoms with Gasteiger partial charge in [0.25, 0.3) is 0 Å². The molecule has 5 atom stereocenters. The second-order valence-electron chi connectivity index (χ2n) is 10.3. The van der Waals surface area contributed by atoms with E-state index in [1.54, 1.807) is 20.8 Å². The molecular formula is C25H44N4O7S. The zero-order valence-electron chi connectivity index (χ0n) is 22.3. The topological polar surface area (TPSA) is 177 Å². The Labute approximate surface area is 224 Å². The first-order chi connectivity index (χ1) is 17.3. The fraction of sp³-hybridized carbons (Fsp3) is 0.800. The van der Waals surface area contributed by atoms with Crippen molar-refractivity contribution < 1.29 is 34.5 Å². The summed E-state index contributed by atoms with van der Waals surface area (Å²) < 4.78 is 0. The Morgan fingerprint density at radius 1 is 0.892 bits per heavy atom. The van der Waals surface area contributed by atoms with E-state index in [9.17, 15) is 29.4 Å². The van der Waals surface area contributed by atoms with Crippen LogP contribution in [0.15, 0.2) is 0 Å². The summed E-state index contributed by atoms with van der Waals surface area (Å²) in [6, 6.07) is -3.85. The predicted octanol–water partition coefficient (Wildman–Crippen LogP) is 1.18. The molecule has 12 heteroatoms. The number of carboxylic acids is 2. The molecule has 1 saturated carbocycles. The van der Waals surface area contributed by atoms with Crippen LogP contribution in [0.4, 0.5) is 0 Å². The minimum absolute atomic E-state index is 0.0379. The average molecular weight is 545 g/mol. The third kappa shape index (κ3) is 12.2. The molecule has 0 aromatic carbocycles. The molecule has 1 aliphatic carbocycles. The molecule has 37 heavy (non-hydrogen) atoms. The first kappa shape index (κ1) is 32.7. The van der Waals surface area contributed by atoms with Crippen LogP contribution >= 0.6 is 12.2 Å². The molecule has 2 amide bonds. The third-order valence-corrected chi connectivity index (χ3v) is 7.15. The van der Waals surface area contributed by atoms with Crippen LogP contribution in [0.25, 0.3) is 0 Å². The van der Waals surface area contributed by atoms with E-state index in [2.05, 4.69) is 21.3 Å². The van der Waals surface area contributed by atoms with Gasteiger partial charge in [-0.25, -0.2) is 4.79 Å². The molecule has 0 aromatic rings. The number of nitrogens with one attached hydrogen (secondary N) is 4. The molecule has 11 nitrogen and oxygen atoms in total. The van der Waals surface area contributed by atoms with E-state index in [-0.39, 0.29) is 23.7 Å². The predicted molar refractivity (Wildman–Crippen MR) is 143 cm³/mol. The summed E-state index contributed by atoms with van der Waals surface area (Å²) in [4.78, 5) is 48.6. The van der Waals surface area contributed by atoms with Crippen LogP contribution in [0.5, 0.6) is 0 Å². The highest BCUT2D eigenvalue weighted by atomic mass is 32.1. The molecule has 1 rings (SSSR count). The van der Waals surface area contributed by atoms with Gasteiger partial charge in [-0.05, 0) is 45.1 Å². The zero-order valence-corrected chi connectivity index (χ0v) is 23.1. The monoisotopic (exact) mass is 544 g/mol. The summed E-state index contributed by atoms with van der Waals surface area (Å²) in [5, 5.41) is 39.6. The lowest BCUT2D eigenvalue weighted by Crippen LogP contribution is -2.59. The minimum Gasteiger partial charge on any atom is -0.481 e. The van der Waals surface area contributed by atoms with Gasteiger partial charge < -0.3 is 36.6 Å². The van der Waals surface area contributed by atoms with E-state index in [0.717, 1.165) is 19.3 Å². The first-order valence-corrected chi connectivity index (χ1v) is 13.5.